The molecule has 1 heterocycles. The second-order valence-corrected chi connectivity index (χ2v) is 7.55. The van der Waals surface area contributed by atoms with Gasteiger partial charge in [0.2, 0.25) is 0 Å². The minimum absolute atomic E-state index is 0.0994. The van der Waals surface area contributed by atoms with E-state index in [1.165, 1.54) is 24.3 Å². The fourth-order valence-electron chi connectivity index (χ4n) is 3.27. The Hall–Kier alpha value is -1.95. The molecule has 4 rings (SSSR count). The molecule has 0 radical (unpaired) electrons. The van der Waals surface area contributed by atoms with Crippen LogP contribution in [-0.2, 0) is 16.1 Å². The summed E-state index contributed by atoms with van der Waals surface area (Å²) >= 11 is 12.2. The van der Waals surface area contributed by atoms with Crippen molar-refractivity contribution in [3.8, 4) is 0 Å². The van der Waals surface area contributed by atoms with E-state index in [2.05, 4.69) is 5.32 Å². The number of hydrogen-bond acceptors (Lipinski definition) is 3. The van der Waals surface area contributed by atoms with E-state index in [0.717, 1.165) is 0 Å². The fraction of sp³-hybridized carbons (Fsp3) is 0.263. The predicted octanol–water partition coefficient (Wildman–Crippen LogP) is 4.36. The second-order valence-electron chi connectivity index (χ2n) is 6.74. The molecule has 2 aromatic carbocycles. The highest BCUT2D eigenvalue weighted by molar-refractivity contribution is 6.38. The number of aliphatic hydroxyl groups is 1. The van der Waals surface area contributed by atoms with Crippen LogP contribution in [0.2, 0.25) is 10.0 Å². The number of halogens is 3. The number of fused-ring (bicyclic) bond motifs is 1. The third kappa shape index (κ3) is 2.62. The minimum Gasteiger partial charge on any atom is -0.375 e. The molecular weight excluding hydrogens is 380 g/mol. The van der Waals surface area contributed by atoms with Gasteiger partial charge in [0, 0.05) is 16.1 Å². The van der Waals surface area contributed by atoms with Crippen molar-refractivity contribution in [2.75, 3.05) is 5.32 Å². The zero-order chi connectivity index (χ0) is 18.7. The van der Waals surface area contributed by atoms with Crippen molar-refractivity contribution >= 4 is 40.6 Å². The minimum atomic E-state index is -2.11. The second kappa shape index (κ2) is 5.78. The number of carbonyl (C=O) groups excluding carboxylic acids is 2. The van der Waals surface area contributed by atoms with Gasteiger partial charge in [0.15, 0.2) is 11.4 Å². The average Bonchev–Trinajstić information content (AvgIpc) is 3.30. The Morgan fingerprint density at radius 1 is 1.12 bits per heavy atom. The maximum atomic E-state index is 14.0. The van der Waals surface area contributed by atoms with Crippen LogP contribution in [0.3, 0.4) is 0 Å². The summed E-state index contributed by atoms with van der Waals surface area (Å²) in [4.78, 5) is 25.0. The predicted molar refractivity (Wildman–Crippen MR) is 96.4 cm³/mol. The molecule has 7 heteroatoms. The summed E-state index contributed by atoms with van der Waals surface area (Å²) in [5, 5.41) is 13.8. The van der Waals surface area contributed by atoms with Crippen molar-refractivity contribution in [2.45, 2.75) is 30.5 Å². The molecule has 1 amide bonds. The molecule has 0 spiro atoms. The first-order chi connectivity index (χ1) is 12.2. The summed E-state index contributed by atoms with van der Waals surface area (Å²) in [6.45, 7) is 0. The smallest absolute Gasteiger partial charge is 0.261 e. The first kappa shape index (κ1) is 17.5. The van der Waals surface area contributed by atoms with Crippen LogP contribution in [0.5, 0.6) is 0 Å². The van der Waals surface area contributed by atoms with Gasteiger partial charge in [0.1, 0.15) is 5.67 Å². The number of carbonyl (C=O) groups is 2. The third-order valence-corrected chi connectivity index (χ3v) is 5.59. The molecule has 2 aliphatic rings. The number of anilines is 1. The highest BCUT2D eigenvalue weighted by Crippen LogP contribution is 2.49. The van der Waals surface area contributed by atoms with Gasteiger partial charge in [-0.1, -0.05) is 47.5 Å². The Morgan fingerprint density at radius 3 is 2.35 bits per heavy atom. The molecule has 1 aliphatic carbocycles. The van der Waals surface area contributed by atoms with Gasteiger partial charge in [-0.25, -0.2) is 4.39 Å². The van der Waals surface area contributed by atoms with Crippen LogP contribution in [-0.4, -0.2) is 16.8 Å². The zero-order valence-electron chi connectivity index (χ0n) is 13.5. The molecule has 0 bridgehead atoms. The molecule has 1 aliphatic heterocycles. The van der Waals surface area contributed by atoms with Crippen LogP contribution in [0.15, 0.2) is 36.4 Å². The zero-order valence-corrected chi connectivity index (χ0v) is 15.0. The van der Waals surface area contributed by atoms with Crippen molar-refractivity contribution in [1.82, 2.24) is 0 Å². The number of amides is 1. The highest BCUT2D eigenvalue weighted by Gasteiger charge is 2.49. The van der Waals surface area contributed by atoms with Crippen molar-refractivity contribution in [2.24, 2.45) is 0 Å². The van der Waals surface area contributed by atoms with Crippen LogP contribution >= 0.6 is 23.2 Å². The summed E-state index contributed by atoms with van der Waals surface area (Å²) < 4.78 is 14.0. The average molecular weight is 394 g/mol. The topological polar surface area (TPSA) is 66.4 Å². The first-order valence-corrected chi connectivity index (χ1v) is 8.85. The van der Waals surface area contributed by atoms with Gasteiger partial charge in [-0.15, -0.1) is 0 Å². The normalized spacial score (nSPS) is 22.7. The van der Waals surface area contributed by atoms with Crippen LogP contribution in [0.25, 0.3) is 0 Å². The van der Waals surface area contributed by atoms with E-state index in [0.29, 0.717) is 18.4 Å². The van der Waals surface area contributed by atoms with Gasteiger partial charge in [-0.2, -0.15) is 0 Å². The van der Waals surface area contributed by atoms with Crippen molar-refractivity contribution in [3.05, 3.63) is 63.1 Å². The lowest BCUT2D eigenvalue weighted by Crippen LogP contribution is -2.36. The first-order valence-electron chi connectivity index (χ1n) is 8.10. The van der Waals surface area contributed by atoms with Gasteiger partial charge in [0.05, 0.1) is 17.1 Å². The number of Topliss-reactive ketones (excluding diaryl/α,β-unsaturated/α-hetero) is 1. The SMILES string of the molecule is O=C(CC1(O)C(=O)Nc2c(Cl)ccc(Cl)c21)c1ccc(C2(F)CC2)cc1. The van der Waals surface area contributed by atoms with E-state index < -0.39 is 29.4 Å². The lowest BCUT2D eigenvalue weighted by molar-refractivity contribution is -0.133. The number of rotatable bonds is 4. The number of benzene rings is 2. The van der Waals surface area contributed by atoms with Gasteiger partial charge < -0.3 is 10.4 Å². The van der Waals surface area contributed by atoms with E-state index in [-0.39, 0.29) is 26.9 Å². The highest BCUT2D eigenvalue weighted by atomic mass is 35.5. The van der Waals surface area contributed by atoms with Crippen LogP contribution in [0.4, 0.5) is 10.1 Å². The number of ketones is 1. The number of nitrogens with one attached hydrogen (secondary N) is 1. The van der Waals surface area contributed by atoms with Gasteiger partial charge in [-0.05, 0) is 30.5 Å². The lowest BCUT2D eigenvalue weighted by atomic mass is 9.87. The summed E-state index contributed by atoms with van der Waals surface area (Å²) in [7, 11) is 0. The number of alkyl halides is 1. The standard InChI is InChI=1S/C19H14Cl2FNO3/c20-12-5-6-13(21)16-15(12)19(26,17(25)23-16)9-14(24)10-1-3-11(4-2-10)18(22)7-8-18/h1-6,26H,7-9H2,(H,23,25). The van der Waals surface area contributed by atoms with Gasteiger partial charge in [-0.3, -0.25) is 9.59 Å². The molecular formula is C19H14Cl2FNO3. The summed E-state index contributed by atoms with van der Waals surface area (Å²) in [6, 6.07) is 9.11. The van der Waals surface area contributed by atoms with E-state index in [9.17, 15) is 19.1 Å². The Bertz CT molecular complexity index is 941. The Balaban J connectivity index is 1.64. The molecule has 134 valence electrons. The van der Waals surface area contributed by atoms with Crippen LogP contribution in [0.1, 0.15) is 40.7 Å². The molecule has 0 saturated heterocycles. The molecule has 26 heavy (non-hydrogen) atoms. The molecule has 1 unspecified atom stereocenters. The molecule has 0 aromatic heterocycles. The van der Waals surface area contributed by atoms with Crippen LogP contribution in [0, 0.1) is 0 Å². The Kier molecular flexibility index (Phi) is 3.88. The molecule has 1 saturated carbocycles. The Morgan fingerprint density at radius 2 is 1.73 bits per heavy atom. The van der Waals surface area contributed by atoms with E-state index in [1.807, 2.05) is 0 Å². The van der Waals surface area contributed by atoms with Crippen molar-refractivity contribution in [1.29, 1.82) is 0 Å². The van der Waals surface area contributed by atoms with Crippen molar-refractivity contribution in [3.63, 3.8) is 0 Å². The molecule has 2 N–H and O–H groups in total. The lowest BCUT2D eigenvalue weighted by Gasteiger charge is -2.21. The molecule has 1 atom stereocenters. The fourth-order valence-corrected chi connectivity index (χ4v) is 3.78. The maximum absolute atomic E-state index is 14.0. The van der Waals surface area contributed by atoms with Gasteiger partial charge >= 0.3 is 0 Å². The summed E-state index contributed by atoms with van der Waals surface area (Å²) in [6.07, 6.45) is 0.471. The molecule has 1 fully saturated rings. The third-order valence-electron chi connectivity index (χ3n) is 4.96. The Labute approximate surface area is 158 Å². The summed E-state index contributed by atoms with van der Waals surface area (Å²) in [5.41, 5.74) is -2.26. The summed E-state index contributed by atoms with van der Waals surface area (Å²) in [5.74, 6) is -1.21. The quantitative estimate of drug-likeness (QED) is 0.758. The van der Waals surface area contributed by atoms with E-state index >= 15 is 0 Å². The monoisotopic (exact) mass is 393 g/mol. The van der Waals surface area contributed by atoms with E-state index in [1.54, 1.807) is 12.1 Å². The van der Waals surface area contributed by atoms with Crippen molar-refractivity contribution < 1.29 is 19.1 Å². The van der Waals surface area contributed by atoms with E-state index in [4.69, 9.17) is 23.2 Å². The molecule has 2 aromatic rings. The number of hydrogen-bond donors (Lipinski definition) is 2. The molecule has 4 nitrogen and oxygen atoms in total. The maximum Gasteiger partial charge on any atom is 0.261 e. The van der Waals surface area contributed by atoms with Gasteiger partial charge in [0.25, 0.3) is 5.91 Å². The van der Waals surface area contributed by atoms with Crippen LogP contribution < -0.4 is 5.32 Å². The largest absolute Gasteiger partial charge is 0.375 e.